The molecule has 8 heteroatoms. The van der Waals surface area contributed by atoms with Gasteiger partial charge in [0.05, 0.1) is 5.75 Å². The molecule has 6 nitrogen and oxygen atoms in total. The number of nitrogens with zero attached hydrogens (tertiary/aromatic N) is 3. The van der Waals surface area contributed by atoms with E-state index in [0.29, 0.717) is 18.9 Å². The van der Waals surface area contributed by atoms with Gasteiger partial charge in [-0.25, -0.2) is 0 Å². The number of hydrogen-bond donors (Lipinski definition) is 1. The molecule has 0 fully saturated rings. The number of carbonyl (C=O) groups excluding carboxylic acids is 1. The van der Waals surface area contributed by atoms with Crippen LogP contribution in [0.5, 0.6) is 0 Å². The number of amides is 1. The van der Waals surface area contributed by atoms with E-state index in [1.54, 1.807) is 7.11 Å². The molecule has 102 valence electrons. The van der Waals surface area contributed by atoms with E-state index in [0.717, 1.165) is 15.9 Å². The van der Waals surface area contributed by atoms with Crippen LogP contribution in [-0.2, 0) is 9.53 Å². The molecule has 0 spiro atoms. The maximum atomic E-state index is 11.5. The number of hydrogen-bond acceptors (Lipinski definition) is 7. The second kappa shape index (κ2) is 8.28. The number of anilines is 1. The molecule has 1 N–H and O–H groups in total. The summed E-state index contributed by atoms with van der Waals surface area (Å²) in [5.41, 5.74) is 0. The molecule has 0 unspecified atom stereocenters. The molecule has 1 heterocycles. The van der Waals surface area contributed by atoms with E-state index in [9.17, 15) is 4.79 Å². The molecule has 0 radical (unpaired) electrons. The van der Waals surface area contributed by atoms with Crippen LogP contribution < -0.4 is 10.2 Å². The first kappa shape index (κ1) is 15.2. The summed E-state index contributed by atoms with van der Waals surface area (Å²) >= 11 is 2.89. The minimum absolute atomic E-state index is 0.0118. The zero-order valence-corrected chi connectivity index (χ0v) is 12.4. The second-order valence-corrected chi connectivity index (χ2v) is 5.91. The Kier molecular flexibility index (Phi) is 6.99. The molecular formula is C10H18N4O2S2. The van der Waals surface area contributed by atoms with Crippen molar-refractivity contribution in [3.63, 3.8) is 0 Å². The minimum atomic E-state index is 0.0118. The van der Waals surface area contributed by atoms with E-state index >= 15 is 0 Å². The van der Waals surface area contributed by atoms with Crippen molar-refractivity contribution in [3.05, 3.63) is 0 Å². The standard InChI is InChI=1S/C10H18N4O2S2/c1-14(2)9-12-13-10(18-9)17-7-8(15)11-5-4-6-16-3/h4-7H2,1-3H3,(H,11,15). The fraction of sp³-hybridized carbons (Fsp3) is 0.700. The van der Waals surface area contributed by atoms with Gasteiger partial charge in [-0.1, -0.05) is 23.1 Å². The van der Waals surface area contributed by atoms with E-state index in [1.165, 1.54) is 23.1 Å². The average molecular weight is 290 g/mol. The van der Waals surface area contributed by atoms with Crippen molar-refractivity contribution in [2.75, 3.05) is 45.0 Å². The molecule has 0 saturated heterocycles. The van der Waals surface area contributed by atoms with E-state index < -0.39 is 0 Å². The smallest absolute Gasteiger partial charge is 0.230 e. The van der Waals surface area contributed by atoms with Crippen molar-refractivity contribution >= 4 is 34.1 Å². The molecule has 0 saturated carbocycles. The quantitative estimate of drug-likeness (QED) is 0.565. The van der Waals surface area contributed by atoms with Gasteiger partial charge in [-0.05, 0) is 6.42 Å². The van der Waals surface area contributed by atoms with Gasteiger partial charge in [0.1, 0.15) is 0 Å². The Morgan fingerprint density at radius 1 is 1.50 bits per heavy atom. The fourth-order valence-electron chi connectivity index (χ4n) is 1.06. The molecule has 1 aromatic heterocycles. The molecule has 0 atom stereocenters. The third-order valence-corrected chi connectivity index (χ3v) is 4.18. The molecule has 0 aliphatic rings. The number of rotatable bonds is 8. The van der Waals surface area contributed by atoms with E-state index in [1.807, 2.05) is 19.0 Å². The highest BCUT2D eigenvalue weighted by atomic mass is 32.2. The predicted molar refractivity (Wildman–Crippen MR) is 74.5 cm³/mol. The summed E-state index contributed by atoms with van der Waals surface area (Å²) in [4.78, 5) is 13.4. The number of thioether (sulfide) groups is 1. The first-order chi connectivity index (χ1) is 8.63. The number of ether oxygens (including phenoxy) is 1. The van der Waals surface area contributed by atoms with Gasteiger partial charge >= 0.3 is 0 Å². The topological polar surface area (TPSA) is 67.3 Å². The number of aromatic nitrogens is 2. The first-order valence-electron chi connectivity index (χ1n) is 5.52. The molecular weight excluding hydrogens is 272 g/mol. The summed E-state index contributed by atoms with van der Waals surface area (Å²) in [7, 11) is 5.48. The van der Waals surface area contributed by atoms with Crippen LogP contribution in [0.4, 0.5) is 5.13 Å². The van der Waals surface area contributed by atoms with Crippen molar-refractivity contribution in [1.29, 1.82) is 0 Å². The SMILES string of the molecule is COCCCNC(=O)CSc1nnc(N(C)C)s1. The highest BCUT2D eigenvalue weighted by molar-refractivity contribution is 8.01. The van der Waals surface area contributed by atoms with Crippen molar-refractivity contribution in [2.24, 2.45) is 0 Å². The monoisotopic (exact) mass is 290 g/mol. The second-order valence-electron chi connectivity index (χ2n) is 3.73. The molecule has 0 bridgehead atoms. The van der Waals surface area contributed by atoms with Crippen molar-refractivity contribution < 1.29 is 9.53 Å². The summed E-state index contributed by atoms with van der Waals surface area (Å²) in [6.07, 6.45) is 0.830. The number of nitrogens with one attached hydrogen (secondary N) is 1. The van der Waals surface area contributed by atoms with Crippen LogP contribution in [0.25, 0.3) is 0 Å². The van der Waals surface area contributed by atoms with E-state index in [-0.39, 0.29) is 5.91 Å². The van der Waals surface area contributed by atoms with Gasteiger partial charge in [0, 0.05) is 34.4 Å². The first-order valence-corrected chi connectivity index (χ1v) is 7.33. The molecule has 18 heavy (non-hydrogen) atoms. The zero-order chi connectivity index (χ0) is 13.4. The Morgan fingerprint density at radius 3 is 2.89 bits per heavy atom. The van der Waals surface area contributed by atoms with Crippen LogP contribution in [0.15, 0.2) is 4.34 Å². The Hall–Kier alpha value is -0.860. The van der Waals surface area contributed by atoms with Gasteiger partial charge in [0.2, 0.25) is 11.0 Å². The van der Waals surface area contributed by atoms with Gasteiger partial charge in [0.25, 0.3) is 0 Å². The van der Waals surface area contributed by atoms with Crippen molar-refractivity contribution in [2.45, 2.75) is 10.8 Å². The molecule has 0 aromatic carbocycles. The Labute approximate surface area is 115 Å². The largest absolute Gasteiger partial charge is 0.385 e. The zero-order valence-electron chi connectivity index (χ0n) is 10.8. The average Bonchev–Trinajstić information content (AvgIpc) is 2.81. The van der Waals surface area contributed by atoms with Gasteiger partial charge in [0.15, 0.2) is 4.34 Å². The Balaban J connectivity index is 2.21. The maximum absolute atomic E-state index is 11.5. The van der Waals surface area contributed by atoms with Crippen LogP contribution in [0.2, 0.25) is 0 Å². The lowest BCUT2D eigenvalue weighted by Gasteiger charge is -2.04. The Bertz CT molecular complexity index is 371. The fourth-order valence-corrected chi connectivity index (χ4v) is 2.66. The van der Waals surface area contributed by atoms with E-state index in [4.69, 9.17) is 4.74 Å². The van der Waals surface area contributed by atoms with Crippen LogP contribution in [0, 0.1) is 0 Å². The van der Waals surface area contributed by atoms with Crippen molar-refractivity contribution in [1.82, 2.24) is 15.5 Å². The lowest BCUT2D eigenvalue weighted by Crippen LogP contribution is -2.26. The lowest BCUT2D eigenvalue weighted by atomic mass is 10.4. The molecule has 1 amide bonds. The van der Waals surface area contributed by atoms with Crippen LogP contribution in [0.1, 0.15) is 6.42 Å². The minimum Gasteiger partial charge on any atom is -0.385 e. The summed E-state index contributed by atoms with van der Waals surface area (Å²) in [5, 5.41) is 11.7. The van der Waals surface area contributed by atoms with Gasteiger partial charge in [-0.3, -0.25) is 4.79 Å². The summed E-state index contributed by atoms with van der Waals surface area (Å²) in [6.45, 7) is 1.31. The van der Waals surface area contributed by atoms with Crippen LogP contribution in [-0.4, -0.2) is 56.2 Å². The van der Waals surface area contributed by atoms with Gasteiger partial charge < -0.3 is 15.0 Å². The van der Waals surface area contributed by atoms with Gasteiger partial charge in [-0.2, -0.15) is 0 Å². The number of carbonyl (C=O) groups is 1. The summed E-state index contributed by atoms with van der Waals surface area (Å²) in [6, 6.07) is 0. The highest BCUT2D eigenvalue weighted by Crippen LogP contribution is 2.26. The van der Waals surface area contributed by atoms with Crippen LogP contribution in [0.3, 0.4) is 0 Å². The van der Waals surface area contributed by atoms with E-state index in [2.05, 4.69) is 15.5 Å². The van der Waals surface area contributed by atoms with Crippen LogP contribution >= 0.6 is 23.1 Å². The third kappa shape index (κ3) is 5.65. The van der Waals surface area contributed by atoms with Gasteiger partial charge in [-0.15, -0.1) is 10.2 Å². The molecule has 1 aromatic rings. The highest BCUT2D eigenvalue weighted by Gasteiger charge is 2.08. The van der Waals surface area contributed by atoms with Crippen molar-refractivity contribution in [3.8, 4) is 0 Å². The third-order valence-electron chi connectivity index (χ3n) is 1.95. The Morgan fingerprint density at radius 2 is 2.28 bits per heavy atom. The number of methoxy groups -OCH3 is 1. The lowest BCUT2D eigenvalue weighted by molar-refractivity contribution is -0.118. The summed E-state index contributed by atoms with van der Waals surface area (Å²) in [5.74, 6) is 0.382. The normalized spacial score (nSPS) is 10.4. The summed E-state index contributed by atoms with van der Waals surface area (Å²) < 4.78 is 5.71. The molecule has 1 rings (SSSR count). The predicted octanol–water partition coefficient (Wildman–Crippen LogP) is 0.849. The maximum Gasteiger partial charge on any atom is 0.230 e. The molecule has 0 aliphatic heterocycles. The molecule has 0 aliphatic carbocycles.